The van der Waals surface area contributed by atoms with Crippen molar-refractivity contribution in [3.8, 4) is 40.5 Å². The lowest BCUT2D eigenvalue weighted by Gasteiger charge is -2.20. The first-order valence-corrected chi connectivity index (χ1v) is 15.4. The first-order valence-electron chi connectivity index (χ1n) is 11.6. The van der Waals surface area contributed by atoms with Crippen LogP contribution in [0.15, 0.2) is 29.2 Å². The van der Waals surface area contributed by atoms with Crippen molar-refractivity contribution < 1.29 is 40.1 Å². The fourth-order valence-electron chi connectivity index (χ4n) is 3.90. The molecule has 0 aliphatic carbocycles. The number of hydrogen-bond donors (Lipinski definition) is 1. The molecule has 1 N–H and O–H groups in total. The summed E-state index contributed by atoms with van der Waals surface area (Å²) in [5.74, 6) is -4.42. The summed E-state index contributed by atoms with van der Waals surface area (Å²) in [5.41, 5.74) is -8.04. The van der Waals surface area contributed by atoms with Crippen LogP contribution in [0.1, 0.15) is 30.5 Å². The van der Waals surface area contributed by atoms with Crippen LogP contribution in [-0.4, -0.2) is 26.6 Å². The molecule has 0 aliphatic heterocycles. The Morgan fingerprint density at radius 2 is 1.56 bits per heavy atom. The number of nitro groups is 1. The van der Waals surface area contributed by atoms with Gasteiger partial charge < -0.3 is 0 Å². The molecule has 0 saturated carbocycles. The number of nitriles is 3. The molecule has 0 heterocycles. The summed E-state index contributed by atoms with van der Waals surface area (Å²) in [6, 6.07) is 8.36. The second-order valence-electron chi connectivity index (χ2n) is 8.09. The van der Waals surface area contributed by atoms with E-state index in [2.05, 4.69) is 5.09 Å². The number of nitrogens with zero attached hydrogens (tertiary/aromatic N) is 4. The molecule has 0 fully saturated rings. The summed E-state index contributed by atoms with van der Waals surface area (Å²) in [5, 5.41) is 43.0. The van der Waals surface area contributed by atoms with Gasteiger partial charge in [-0.1, -0.05) is 0 Å². The Morgan fingerprint density at radius 3 is 2.05 bits per heavy atom. The van der Waals surface area contributed by atoms with Gasteiger partial charge >= 0.3 is 7.75 Å². The lowest BCUT2D eigenvalue weighted by atomic mass is 9.91. The van der Waals surface area contributed by atoms with Crippen LogP contribution >= 0.6 is 18.4 Å². The summed E-state index contributed by atoms with van der Waals surface area (Å²) in [6.07, 6.45) is 0. The quantitative estimate of drug-likeness (QED) is 0.112. The molecule has 18 heteroatoms. The standard InChI is InChI=1S/C25H15ClF3N5O7PS/c1-3-40-42(37,41-4-2)33-22-8-17(20(28)5-13(22)10-30)24-18(12-32)25(34(35)36)16(7-21(24)29)15-9-23(43(26,38)39)14(11-31)6-19(15)27/h5-6,8-9H,3-4H2,1-2H3,(H,33,37). The molecule has 3 rings (SSSR count). The lowest BCUT2D eigenvalue weighted by Crippen LogP contribution is -2.08. The Hall–Kier alpha value is -4.49. The molecular formula is C25H15ClF3N5O7PS. The zero-order valence-corrected chi connectivity index (χ0v) is 24.2. The molecule has 1 radical (unpaired) electrons. The highest BCUT2D eigenvalue weighted by Crippen LogP contribution is 2.50. The van der Waals surface area contributed by atoms with E-state index in [1.54, 1.807) is 6.07 Å². The first kappa shape index (κ1) is 33.0. The SMILES string of the molecule is CCOP(=O)(Nc1cc(-c2c(F)[c]c(-c3cc(S(=O)(=O)Cl)c(C#N)cc3F)c([N+](=O)[O-])c2C#N)c(F)cc1C#N)OCC. The third-order valence-electron chi connectivity index (χ3n) is 5.55. The fraction of sp³-hybridized carbons (Fsp3) is 0.160. The first-order chi connectivity index (χ1) is 20.2. The predicted octanol–water partition coefficient (Wildman–Crippen LogP) is 6.28. The molecule has 0 saturated heterocycles. The van der Waals surface area contributed by atoms with Crippen LogP contribution in [0.25, 0.3) is 22.3 Å². The van der Waals surface area contributed by atoms with Crippen molar-refractivity contribution in [3.63, 3.8) is 0 Å². The van der Waals surface area contributed by atoms with Crippen molar-refractivity contribution in [2.24, 2.45) is 0 Å². The van der Waals surface area contributed by atoms with Gasteiger partial charge in [-0.15, -0.1) is 0 Å². The molecule has 0 bridgehead atoms. The van der Waals surface area contributed by atoms with Gasteiger partial charge in [-0.2, -0.15) is 15.8 Å². The molecule has 3 aromatic rings. The Morgan fingerprint density at radius 1 is 1.00 bits per heavy atom. The largest absolute Gasteiger partial charge is 0.432 e. The van der Waals surface area contributed by atoms with E-state index in [0.717, 1.165) is 6.07 Å². The molecular weight excluding hydrogens is 638 g/mol. The maximum Gasteiger partial charge on any atom is 0.432 e. The number of rotatable bonds is 10. The van der Waals surface area contributed by atoms with Gasteiger partial charge in [0.1, 0.15) is 46.1 Å². The molecule has 0 spiro atoms. The minimum atomic E-state index is -4.73. The van der Waals surface area contributed by atoms with E-state index < -0.39 is 94.4 Å². The molecule has 221 valence electrons. The van der Waals surface area contributed by atoms with Crippen molar-refractivity contribution in [2.75, 3.05) is 18.3 Å². The monoisotopic (exact) mass is 652 g/mol. The van der Waals surface area contributed by atoms with Crippen LogP contribution in [0.4, 0.5) is 24.5 Å². The van der Waals surface area contributed by atoms with E-state index >= 15 is 13.2 Å². The van der Waals surface area contributed by atoms with Gasteiger partial charge in [-0.05, 0) is 38.1 Å². The van der Waals surface area contributed by atoms with E-state index in [-0.39, 0.29) is 13.2 Å². The van der Waals surface area contributed by atoms with Crippen molar-refractivity contribution in [1.29, 1.82) is 15.8 Å². The highest BCUT2D eigenvalue weighted by Gasteiger charge is 2.33. The molecule has 0 unspecified atom stereocenters. The smallest absolute Gasteiger partial charge is 0.293 e. The molecule has 0 atom stereocenters. The second kappa shape index (κ2) is 12.8. The van der Waals surface area contributed by atoms with Gasteiger partial charge in [0, 0.05) is 33.4 Å². The zero-order chi connectivity index (χ0) is 32.3. The molecule has 0 aromatic heterocycles. The molecule has 12 nitrogen and oxygen atoms in total. The summed E-state index contributed by atoms with van der Waals surface area (Å²) < 4.78 is 93.1. The van der Waals surface area contributed by atoms with E-state index in [1.165, 1.54) is 26.0 Å². The number of nitro benzene ring substituents is 1. The Labute approximate surface area is 246 Å². The van der Waals surface area contributed by atoms with Gasteiger partial charge in [-0.25, -0.2) is 26.2 Å². The Bertz CT molecular complexity index is 1950. The van der Waals surface area contributed by atoms with Crippen molar-refractivity contribution in [3.05, 3.63) is 74.6 Å². The summed E-state index contributed by atoms with van der Waals surface area (Å²) in [7, 11) is -3.58. The topological polar surface area (TPSA) is 196 Å². The van der Waals surface area contributed by atoms with Gasteiger partial charge in [-0.3, -0.25) is 24.2 Å². The summed E-state index contributed by atoms with van der Waals surface area (Å²) >= 11 is 0. The van der Waals surface area contributed by atoms with E-state index in [4.69, 9.17) is 25.0 Å². The average Bonchev–Trinajstić information content (AvgIpc) is 2.92. The third-order valence-corrected chi connectivity index (χ3v) is 8.62. The molecule has 0 aliphatic rings. The summed E-state index contributed by atoms with van der Waals surface area (Å²) in [4.78, 5) is 9.93. The van der Waals surface area contributed by atoms with Crippen molar-refractivity contribution >= 4 is 38.9 Å². The summed E-state index contributed by atoms with van der Waals surface area (Å²) in [6.45, 7) is 2.69. The lowest BCUT2D eigenvalue weighted by molar-refractivity contribution is -0.384. The minimum absolute atomic E-state index is 0.130. The second-order valence-corrected chi connectivity index (χ2v) is 12.4. The van der Waals surface area contributed by atoms with Crippen LogP contribution in [0, 0.1) is 67.6 Å². The van der Waals surface area contributed by atoms with Crippen LogP contribution in [-0.2, 0) is 22.7 Å². The Kier molecular flexibility index (Phi) is 9.83. The highest BCUT2D eigenvalue weighted by atomic mass is 35.7. The fourth-order valence-corrected chi connectivity index (χ4v) is 6.27. The van der Waals surface area contributed by atoms with Crippen LogP contribution in [0.2, 0.25) is 0 Å². The van der Waals surface area contributed by atoms with Gasteiger partial charge in [0.2, 0.25) is 0 Å². The number of nitrogens with one attached hydrogen (secondary N) is 1. The van der Waals surface area contributed by atoms with Crippen molar-refractivity contribution in [1.82, 2.24) is 0 Å². The third kappa shape index (κ3) is 6.62. The zero-order valence-electron chi connectivity index (χ0n) is 21.7. The number of anilines is 1. The Balaban J connectivity index is 2.43. The van der Waals surface area contributed by atoms with Crippen LogP contribution in [0.3, 0.4) is 0 Å². The maximum atomic E-state index is 15.7. The molecule has 3 aromatic carbocycles. The normalized spacial score (nSPS) is 11.3. The van der Waals surface area contributed by atoms with Crippen LogP contribution < -0.4 is 5.09 Å². The molecule has 43 heavy (non-hydrogen) atoms. The van der Waals surface area contributed by atoms with Crippen LogP contribution in [0.5, 0.6) is 0 Å². The van der Waals surface area contributed by atoms with Gasteiger partial charge in [0.05, 0.1) is 40.5 Å². The van der Waals surface area contributed by atoms with Gasteiger partial charge in [0.15, 0.2) is 0 Å². The van der Waals surface area contributed by atoms with E-state index in [1.807, 2.05) is 6.07 Å². The predicted molar refractivity (Wildman–Crippen MR) is 144 cm³/mol. The maximum absolute atomic E-state index is 15.7. The van der Waals surface area contributed by atoms with Gasteiger partial charge in [0.25, 0.3) is 14.7 Å². The number of hydrogen-bond acceptors (Lipinski definition) is 10. The number of benzene rings is 3. The van der Waals surface area contributed by atoms with E-state index in [9.17, 15) is 33.6 Å². The number of halogens is 4. The molecule has 0 amide bonds. The van der Waals surface area contributed by atoms with Crippen molar-refractivity contribution in [2.45, 2.75) is 18.7 Å². The van der Waals surface area contributed by atoms with E-state index in [0.29, 0.717) is 18.2 Å². The minimum Gasteiger partial charge on any atom is -0.293 e. The highest BCUT2D eigenvalue weighted by molar-refractivity contribution is 8.13. The average molecular weight is 653 g/mol.